The summed E-state index contributed by atoms with van der Waals surface area (Å²) in [7, 11) is 0. The van der Waals surface area contributed by atoms with Crippen LogP contribution in [0, 0.1) is 17.8 Å². The fraction of sp³-hybridized carbons (Fsp3) is 0.474. The Morgan fingerprint density at radius 2 is 2.16 bits per heavy atom. The van der Waals surface area contributed by atoms with Crippen molar-refractivity contribution in [1.29, 1.82) is 0 Å². The molecule has 6 nitrogen and oxygen atoms in total. The number of carboxylic acid groups (broad SMARTS) is 1. The monoisotopic (exact) mass is 339 g/mol. The van der Waals surface area contributed by atoms with Gasteiger partial charge in [-0.05, 0) is 12.5 Å². The summed E-state index contributed by atoms with van der Waals surface area (Å²) in [5.74, 6) is -2.42. The highest BCUT2D eigenvalue weighted by Crippen LogP contribution is 2.62. The van der Waals surface area contributed by atoms with Crippen LogP contribution in [0.1, 0.15) is 18.1 Å². The molecule has 3 saturated heterocycles. The third-order valence-electron chi connectivity index (χ3n) is 6.66. The second-order valence-electron chi connectivity index (χ2n) is 7.59. The number of nitrogens with zero attached hydrogens (tertiary/aromatic N) is 1. The molecule has 3 fully saturated rings. The first-order valence-corrected chi connectivity index (χ1v) is 8.77. The van der Waals surface area contributed by atoms with Crippen LogP contribution in [0.5, 0.6) is 0 Å². The van der Waals surface area contributed by atoms with Gasteiger partial charge in [-0.3, -0.25) is 9.59 Å². The third kappa shape index (κ3) is 1.42. The van der Waals surface area contributed by atoms with Crippen molar-refractivity contribution in [2.24, 2.45) is 17.8 Å². The lowest BCUT2D eigenvalue weighted by molar-refractivity contribution is -0.146. The molecular weight excluding hydrogens is 322 g/mol. The minimum Gasteiger partial charge on any atom is -0.481 e. The van der Waals surface area contributed by atoms with Crippen molar-refractivity contribution < 1.29 is 24.2 Å². The molecule has 0 aromatic heterocycles. The Balaban J connectivity index is 1.59. The molecule has 6 rings (SSSR count). The number of rotatable bonds is 1. The maximum Gasteiger partial charge on any atom is 0.310 e. The predicted molar refractivity (Wildman–Crippen MR) is 85.9 cm³/mol. The first kappa shape index (κ1) is 14.0. The first-order chi connectivity index (χ1) is 12.1. The van der Waals surface area contributed by atoms with Gasteiger partial charge in [-0.2, -0.15) is 0 Å². The number of para-hydroxylation sites is 1. The fourth-order valence-electron chi connectivity index (χ4n) is 5.86. The van der Waals surface area contributed by atoms with Crippen LogP contribution in [0.15, 0.2) is 36.4 Å². The summed E-state index contributed by atoms with van der Waals surface area (Å²) in [4.78, 5) is 27.0. The summed E-state index contributed by atoms with van der Waals surface area (Å²) in [5, 5.41) is 9.70. The summed E-state index contributed by atoms with van der Waals surface area (Å²) in [5.41, 5.74) is 1.03. The van der Waals surface area contributed by atoms with Crippen molar-refractivity contribution in [2.45, 2.75) is 30.3 Å². The maximum atomic E-state index is 13.4. The Kier molecular flexibility index (Phi) is 2.42. The Bertz CT molecular complexity index is 850. The third-order valence-corrected chi connectivity index (χ3v) is 6.66. The molecule has 6 heteroatoms. The van der Waals surface area contributed by atoms with Gasteiger partial charge in [-0.1, -0.05) is 30.4 Å². The van der Waals surface area contributed by atoms with Crippen molar-refractivity contribution >= 4 is 17.6 Å². The molecule has 0 saturated carbocycles. The van der Waals surface area contributed by atoms with Crippen LogP contribution in [0.25, 0.3) is 0 Å². The van der Waals surface area contributed by atoms with E-state index in [1.807, 2.05) is 41.3 Å². The van der Waals surface area contributed by atoms with Crippen LogP contribution in [0.3, 0.4) is 0 Å². The molecule has 1 N–H and O–H groups in total. The van der Waals surface area contributed by atoms with Gasteiger partial charge in [0.1, 0.15) is 11.5 Å². The van der Waals surface area contributed by atoms with Crippen molar-refractivity contribution in [3.05, 3.63) is 42.0 Å². The number of benzene rings is 1. The van der Waals surface area contributed by atoms with Gasteiger partial charge in [0.25, 0.3) is 0 Å². The zero-order valence-corrected chi connectivity index (χ0v) is 13.4. The van der Waals surface area contributed by atoms with E-state index >= 15 is 0 Å². The minimum atomic E-state index is -0.957. The van der Waals surface area contributed by atoms with Gasteiger partial charge in [0.05, 0.1) is 24.2 Å². The summed E-state index contributed by atoms with van der Waals surface area (Å²) >= 11 is 0. The Labute approximate surface area is 144 Å². The Morgan fingerprint density at radius 3 is 3.00 bits per heavy atom. The first-order valence-electron chi connectivity index (χ1n) is 8.77. The zero-order chi connectivity index (χ0) is 16.9. The molecule has 25 heavy (non-hydrogen) atoms. The molecule has 5 aliphatic heterocycles. The number of carbonyl (C=O) groups is 2. The fourth-order valence-corrected chi connectivity index (χ4v) is 5.86. The maximum absolute atomic E-state index is 13.4. The molecule has 1 aromatic carbocycles. The number of hydrogen-bond donors (Lipinski definition) is 1. The normalized spacial score (nSPS) is 45.3. The molecule has 1 spiro atoms. The second-order valence-corrected chi connectivity index (χ2v) is 7.59. The second kappa shape index (κ2) is 4.31. The lowest BCUT2D eigenvalue weighted by Crippen LogP contribution is -2.53. The number of aliphatic carboxylic acids is 1. The Hall–Kier alpha value is -2.18. The van der Waals surface area contributed by atoms with Gasteiger partial charge in [-0.15, -0.1) is 0 Å². The summed E-state index contributed by atoms with van der Waals surface area (Å²) in [6.07, 6.45) is 4.07. The number of fused-ring (bicyclic) bond motifs is 7. The number of hydrogen-bond acceptors (Lipinski definition) is 4. The number of anilines is 1. The molecule has 128 valence electrons. The van der Waals surface area contributed by atoms with E-state index in [1.165, 1.54) is 0 Å². The largest absolute Gasteiger partial charge is 0.481 e. The van der Waals surface area contributed by atoms with Crippen molar-refractivity contribution in [1.82, 2.24) is 0 Å². The van der Waals surface area contributed by atoms with Crippen molar-refractivity contribution in [3.63, 3.8) is 0 Å². The number of carboxylic acids is 1. The summed E-state index contributed by atoms with van der Waals surface area (Å²) < 4.78 is 12.2. The van der Waals surface area contributed by atoms with E-state index in [2.05, 4.69) is 0 Å². The van der Waals surface area contributed by atoms with Gasteiger partial charge >= 0.3 is 5.97 Å². The molecule has 0 radical (unpaired) electrons. The molecule has 0 aliphatic carbocycles. The smallest absolute Gasteiger partial charge is 0.310 e. The SMILES string of the molecule is O=C(O)[C@H]1[C@@H]2C=C[C@@]3(O2)[C@@H]2[C@H]4CCO[C@@H]4c4ccccc4N2C(=O)[C@@H]13. The van der Waals surface area contributed by atoms with E-state index in [9.17, 15) is 14.7 Å². The average Bonchev–Trinajstić information content (AvgIpc) is 3.35. The van der Waals surface area contributed by atoms with E-state index in [1.54, 1.807) is 0 Å². The molecular formula is C19H17NO5. The highest BCUT2D eigenvalue weighted by molar-refractivity contribution is 6.04. The van der Waals surface area contributed by atoms with E-state index in [4.69, 9.17) is 9.47 Å². The molecule has 5 aliphatic rings. The lowest BCUT2D eigenvalue weighted by atomic mass is 9.70. The van der Waals surface area contributed by atoms with Gasteiger partial charge in [-0.25, -0.2) is 0 Å². The van der Waals surface area contributed by atoms with E-state index in [-0.39, 0.29) is 24.0 Å². The molecule has 5 heterocycles. The van der Waals surface area contributed by atoms with Crippen LogP contribution < -0.4 is 4.90 Å². The van der Waals surface area contributed by atoms with Crippen LogP contribution in [-0.4, -0.2) is 41.3 Å². The topological polar surface area (TPSA) is 76.1 Å². The van der Waals surface area contributed by atoms with Crippen molar-refractivity contribution in [3.8, 4) is 0 Å². The molecule has 2 bridgehead atoms. The highest BCUT2D eigenvalue weighted by Gasteiger charge is 2.74. The Morgan fingerprint density at radius 1 is 1.32 bits per heavy atom. The van der Waals surface area contributed by atoms with Crippen LogP contribution in [-0.2, 0) is 19.1 Å². The van der Waals surface area contributed by atoms with Crippen LogP contribution in [0.4, 0.5) is 5.69 Å². The predicted octanol–water partition coefficient (Wildman–Crippen LogP) is 1.52. The van der Waals surface area contributed by atoms with Gasteiger partial charge in [0.15, 0.2) is 0 Å². The summed E-state index contributed by atoms with van der Waals surface area (Å²) in [6.45, 7) is 0.651. The quantitative estimate of drug-likeness (QED) is 0.785. The summed E-state index contributed by atoms with van der Waals surface area (Å²) in [6, 6.07) is 7.61. The molecule has 0 unspecified atom stereocenters. The van der Waals surface area contributed by atoms with Gasteiger partial charge < -0.3 is 19.5 Å². The van der Waals surface area contributed by atoms with E-state index in [0.717, 1.165) is 17.7 Å². The average molecular weight is 339 g/mol. The van der Waals surface area contributed by atoms with Gasteiger partial charge in [0, 0.05) is 23.8 Å². The number of amides is 1. The van der Waals surface area contributed by atoms with E-state index < -0.39 is 29.5 Å². The van der Waals surface area contributed by atoms with Crippen LogP contribution in [0.2, 0.25) is 0 Å². The molecule has 1 aromatic rings. The van der Waals surface area contributed by atoms with Crippen molar-refractivity contribution in [2.75, 3.05) is 11.5 Å². The lowest BCUT2D eigenvalue weighted by Gasteiger charge is -2.43. The minimum absolute atomic E-state index is 0.0571. The molecule has 1 amide bonds. The van der Waals surface area contributed by atoms with Crippen LogP contribution >= 0.6 is 0 Å². The number of carbonyl (C=O) groups excluding carboxylic acids is 1. The van der Waals surface area contributed by atoms with Gasteiger partial charge in [0.2, 0.25) is 5.91 Å². The standard InChI is InChI=1S/C19H17NO5/c21-17-14-13(18(22)23)12-5-7-19(14,25-12)16-10-6-8-24-15(10)9-3-1-2-4-11(9)20(16)17/h1-5,7,10,12-16H,6,8H2,(H,22,23)/t10-,12-,13-,14+,15+,16-,19-/m0/s1. The molecule has 7 atom stereocenters. The number of ether oxygens (including phenoxy) is 2. The highest BCUT2D eigenvalue weighted by atomic mass is 16.5. The zero-order valence-electron chi connectivity index (χ0n) is 13.4. The van der Waals surface area contributed by atoms with E-state index in [0.29, 0.717) is 6.61 Å².